The molecule has 0 N–H and O–H groups in total. The van der Waals surface area contributed by atoms with E-state index in [0.29, 0.717) is 12.8 Å². The molecule has 1 fully saturated rings. The second-order valence-corrected chi connectivity index (χ2v) is 3.96. The number of ether oxygens (including phenoxy) is 1. The summed E-state index contributed by atoms with van der Waals surface area (Å²) in [6.07, 6.45) is 2.62. The van der Waals surface area contributed by atoms with Crippen LogP contribution in [0.2, 0.25) is 0 Å². The lowest BCUT2D eigenvalue weighted by molar-refractivity contribution is -0.157. The van der Waals surface area contributed by atoms with Gasteiger partial charge >= 0.3 is 5.97 Å². The standard InChI is InChI=1S/C11H16O4/c1-3-4-7-15-10(14)9(13)11(5-6-11)8(2)12/h3-7H2,1-2H3. The Kier molecular flexibility index (Phi) is 3.61. The second-order valence-electron chi connectivity index (χ2n) is 3.96. The highest BCUT2D eigenvalue weighted by Gasteiger charge is 2.56. The average Bonchev–Trinajstić information content (AvgIpc) is 2.97. The first-order valence-corrected chi connectivity index (χ1v) is 5.27. The van der Waals surface area contributed by atoms with Crippen LogP contribution in [0.15, 0.2) is 0 Å². The lowest BCUT2D eigenvalue weighted by Crippen LogP contribution is -2.32. The normalized spacial score (nSPS) is 16.9. The molecule has 84 valence electrons. The molecule has 1 aliphatic carbocycles. The zero-order chi connectivity index (χ0) is 11.5. The summed E-state index contributed by atoms with van der Waals surface area (Å²) in [5.74, 6) is -1.73. The van der Waals surface area contributed by atoms with E-state index in [-0.39, 0.29) is 12.4 Å². The van der Waals surface area contributed by atoms with Gasteiger partial charge in [-0.25, -0.2) is 4.79 Å². The number of carbonyl (C=O) groups excluding carboxylic acids is 3. The largest absolute Gasteiger partial charge is 0.460 e. The van der Waals surface area contributed by atoms with Gasteiger partial charge in [-0.3, -0.25) is 9.59 Å². The van der Waals surface area contributed by atoms with Crippen molar-refractivity contribution in [2.45, 2.75) is 39.5 Å². The number of carbonyl (C=O) groups is 3. The molecule has 1 saturated carbocycles. The predicted molar refractivity (Wildman–Crippen MR) is 53.2 cm³/mol. The molecule has 0 bridgehead atoms. The number of unbranched alkanes of at least 4 members (excludes halogenated alkanes) is 1. The summed E-state index contributed by atoms with van der Waals surface area (Å²) >= 11 is 0. The van der Waals surface area contributed by atoms with E-state index in [1.54, 1.807) is 0 Å². The first-order valence-electron chi connectivity index (χ1n) is 5.27. The molecule has 0 amide bonds. The van der Waals surface area contributed by atoms with Gasteiger partial charge in [-0.05, 0) is 26.2 Å². The number of hydrogen-bond acceptors (Lipinski definition) is 4. The van der Waals surface area contributed by atoms with Crippen LogP contribution in [0, 0.1) is 5.41 Å². The monoisotopic (exact) mass is 212 g/mol. The highest BCUT2D eigenvalue weighted by Crippen LogP contribution is 2.47. The molecule has 0 aromatic carbocycles. The lowest BCUT2D eigenvalue weighted by atomic mass is 9.96. The van der Waals surface area contributed by atoms with Gasteiger partial charge in [0.15, 0.2) is 0 Å². The topological polar surface area (TPSA) is 60.4 Å². The third kappa shape index (κ3) is 2.43. The Hall–Kier alpha value is -1.19. The molecular weight excluding hydrogens is 196 g/mol. The van der Waals surface area contributed by atoms with Crippen molar-refractivity contribution in [1.29, 1.82) is 0 Å². The van der Waals surface area contributed by atoms with Crippen molar-refractivity contribution in [3.05, 3.63) is 0 Å². The molecule has 0 heterocycles. The summed E-state index contributed by atoms with van der Waals surface area (Å²) in [5, 5.41) is 0. The first-order chi connectivity index (χ1) is 7.04. The molecule has 0 atom stereocenters. The molecule has 15 heavy (non-hydrogen) atoms. The third-order valence-corrected chi connectivity index (χ3v) is 2.78. The quantitative estimate of drug-likeness (QED) is 0.288. The van der Waals surface area contributed by atoms with Crippen molar-refractivity contribution in [3.63, 3.8) is 0 Å². The van der Waals surface area contributed by atoms with Crippen LogP contribution in [-0.4, -0.2) is 24.1 Å². The van der Waals surface area contributed by atoms with Crippen molar-refractivity contribution in [2.75, 3.05) is 6.61 Å². The maximum absolute atomic E-state index is 11.6. The van der Waals surface area contributed by atoms with Gasteiger partial charge in [-0.1, -0.05) is 13.3 Å². The average molecular weight is 212 g/mol. The van der Waals surface area contributed by atoms with Crippen LogP contribution >= 0.6 is 0 Å². The fourth-order valence-corrected chi connectivity index (χ4v) is 1.43. The molecule has 0 radical (unpaired) electrons. The maximum atomic E-state index is 11.6. The minimum absolute atomic E-state index is 0.222. The van der Waals surface area contributed by atoms with E-state index in [4.69, 9.17) is 4.74 Å². The van der Waals surface area contributed by atoms with E-state index in [2.05, 4.69) is 0 Å². The maximum Gasteiger partial charge on any atom is 0.375 e. The van der Waals surface area contributed by atoms with Crippen LogP contribution in [0.5, 0.6) is 0 Å². The van der Waals surface area contributed by atoms with E-state index in [1.165, 1.54) is 6.92 Å². The molecule has 0 aromatic heterocycles. The van der Waals surface area contributed by atoms with Crippen LogP contribution in [-0.2, 0) is 19.1 Å². The van der Waals surface area contributed by atoms with Crippen LogP contribution in [0.25, 0.3) is 0 Å². The molecule has 1 rings (SSSR count). The number of hydrogen-bond donors (Lipinski definition) is 0. The summed E-state index contributed by atoms with van der Waals surface area (Å²) < 4.78 is 4.78. The van der Waals surface area contributed by atoms with Crippen molar-refractivity contribution < 1.29 is 19.1 Å². The molecule has 0 aliphatic heterocycles. The Bertz CT molecular complexity index is 289. The van der Waals surface area contributed by atoms with Gasteiger partial charge in [0.2, 0.25) is 0 Å². The Balaban J connectivity index is 2.47. The predicted octanol–water partition coefficient (Wildman–Crippen LogP) is 1.27. The zero-order valence-corrected chi connectivity index (χ0v) is 9.17. The molecule has 0 saturated heterocycles. The summed E-state index contributed by atoms with van der Waals surface area (Å²) in [5.41, 5.74) is -1.02. The molecule has 0 unspecified atom stereocenters. The Morgan fingerprint density at radius 3 is 2.27 bits per heavy atom. The Labute approximate surface area is 89.0 Å². The smallest absolute Gasteiger partial charge is 0.375 e. The lowest BCUT2D eigenvalue weighted by Gasteiger charge is -2.08. The third-order valence-electron chi connectivity index (χ3n) is 2.78. The highest BCUT2D eigenvalue weighted by atomic mass is 16.5. The zero-order valence-electron chi connectivity index (χ0n) is 9.17. The van der Waals surface area contributed by atoms with Crippen LogP contribution in [0.4, 0.5) is 0 Å². The number of rotatable bonds is 6. The van der Waals surface area contributed by atoms with Crippen molar-refractivity contribution in [2.24, 2.45) is 5.41 Å². The molecule has 1 aliphatic rings. The van der Waals surface area contributed by atoms with E-state index >= 15 is 0 Å². The number of Topliss-reactive ketones (excluding diaryl/α,β-unsaturated/α-hetero) is 2. The van der Waals surface area contributed by atoms with E-state index in [9.17, 15) is 14.4 Å². The van der Waals surface area contributed by atoms with Gasteiger partial charge in [-0.2, -0.15) is 0 Å². The summed E-state index contributed by atoms with van der Waals surface area (Å²) in [6.45, 7) is 3.58. The summed E-state index contributed by atoms with van der Waals surface area (Å²) in [7, 11) is 0. The molecule has 0 aromatic rings. The van der Waals surface area contributed by atoms with Gasteiger partial charge < -0.3 is 4.74 Å². The van der Waals surface area contributed by atoms with Crippen molar-refractivity contribution in [1.82, 2.24) is 0 Å². The minimum Gasteiger partial charge on any atom is -0.460 e. The highest BCUT2D eigenvalue weighted by molar-refractivity contribution is 6.41. The van der Waals surface area contributed by atoms with Crippen molar-refractivity contribution in [3.8, 4) is 0 Å². The van der Waals surface area contributed by atoms with Gasteiger partial charge in [0, 0.05) is 0 Å². The van der Waals surface area contributed by atoms with Crippen LogP contribution in [0.3, 0.4) is 0 Å². The molecule has 4 heteroatoms. The van der Waals surface area contributed by atoms with Gasteiger partial charge in [0.25, 0.3) is 5.78 Å². The molecule has 0 spiro atoms. The van der Waals surface area contributed by atoms with Crippen LogP contribution in [0.1, 0.15) is 39.5 Å². The Morgan fingerprint density at radius 2 is 1.87 bits per heavy atom. The first kappa shape index (κ1) is 11.9. The summed E-state index contributed by atoms with van der Waals surface area (Å²) in [4.78, 5) is 34.0. The molecule has 4 nitrogen and oxygen atoms in total. The SMILES string of the molecule is CCCCOC(=O)C(=O)C1(C(C)=O)CC1. The van der Waals surface area contributed by atoms with Gasteiger partial charge in [0.1, 0.15) is 5.78 Å². The van der Waals surface area contributed by atoms with Crippen LogP contribution < -0.4 is 0 Å². The summed E-state index contributed by atoms with van der Waals surface area (Å²) in [6, 6.07) is 0. The van der Waals surface area contributed by atoms with E-state index in [0.717, 1.165) is 12.8 Å². The second kappa shape index (κ2) is 4.55. The van der Waals surface area contributed by atoms with E-state index in [1.807, 2.05) is 6.92 Å². The fourth-order valence-electron chi connectivity index (χ4n) is 1.43. The van der Waals surface area contributed by atoms with Gasteiger partial charge in [0.05, 0.1) is 12.0 Å². The molecular formula is C11H16O4. The van der Waals surface area contributed by atoms with Crippen molar-refractivity contribution >= 4 is 17.5 Å². The minimum atomic E-state index is -1.02. The van der Waals surface area contributed by atoms with E-state index < -0.39 is 17.2 Å². The Morgan fingerprint density at radius 1 is 1.27 bits per heavy atom. The number of ketones is 2. The number of esters is 1. The van der Waals surface area contributed by atoms with Gasteiger partial charge in [-0.15, -0.1) is 0 Å². The fraction of sp³-hybridized carbons (Fsp3) is 0.727.